The number of nitrogens with zero attached hydrogens (tertiary/aromatic N) is 1. The third-order valence-corrected chi connectivity index (χ3v) is 3.86. The summed E-state index contributed by atoms with van der Waals surface area (Å²) >= 11 is 5.90. The Morgan fingerprint density at radius 3 is 2.54 bits per heavy atom. The number of hydrogen-bond acceptors (Lipinski definition) is 3. The minimum atomic E-state index is -4.73. The van der Waals surface area contributed by atoms with Crippen LogP contribution in [0.4, 0.5) is 13.2 Å². The first-order valence-electron chi connectivity index (χ1n) is 7.30. The lowest BCUT2D eigenvalue weighted by molar-refractivity contribution is -0.274. The fraction of sp³-hybridized carbons (Fsp3) is 0.235. The zero-order valence-corrected chi connectivity index (χ0v) is 13.4. The van der Waals surface area contributed by atoms with Crippen LogP contribution in [0.2, 0.25) is 5.02 Å². The van der Waals surface area contributed by atoms with Crippen molar-refractivity contribution in [3.05, 3.63) is 64.2 Å². The lowest BCUT2D eigenvalue weighted by Gasteiger charge is -2.14. The summed E-state index contributed by atoms with van der Waals surface area (Å²) < 4.78 is 41.5. The molecule has 0 saturated heterocycles. The van der Waals surface area contributed by atoms with Gasteiger partial charge in [-0.05, 0) is 43.2 Å². The van der Waals surface area contributed by atoms with E-state index in [2.05, 4.69) is 15.3 Å². The number of hydrogen-bond donors (Lipinski definition) is 1. The van der Waals surface area contributed by atoms with Gasteiger partial charge in [-0.2, -0.15) is 5.10 Å². The maximum atomic E-state index is 12.5. The predicted molar refractivity (Wildman–Crippen MR) is 86.5 cm³/mol. The third kappa shape index (κ3) is 3.82. The topological polar surface area (TPSA) is 33.6 Å². The van der Waals surface area contributed by atoms with Crippen LogP contribution >= 0.6 is 11.6 Å². The van der Waals surface area contributed by atoms with Crippen LogP contribution in [-0.2, 0) is 6.42 Å². The second kappa shape index (κ2) is 6.36. The van der Waals surface area contributed by atoms with Crippen LogP contribution in [0.3, 0.4) is 0 Å². The average molecular weight is 355 g/mol. The number of hydrazone groups is 1. The molecule has 3 nitrogen and oxygen atoms in total. The Balaban J connectivity index is 2.07. The van der Waals surface area contributed by atoms with E-state index in [0.29, 0.717) is 22.7 Å². The molecule has 0 saturated carbocycles. The highest BCUT2D eigenvalue weighted by Gasteiger charge is 2.31. The molecule has 2 aromatic rings. The highest BCUT2D eigenvalue weighted by molar-refractivity contribution is 6.30. The minimum absolute atomic E-state index is 0.0583. The Labute approximate surface area is 142 Å². The van der Waals surface area contributed by atoms with Gasteiger partial charge in [-0.1, -0.05) is 29.8 Å². The molecule has 2 aromatic carbocycles. The van der Waals surface area contributed by atoms with Gasteiger partial charge in [0.25, 0.3) is 0 Å². The van der Waals surface area contributed by atoms with Gasteiger partial charge in [-0.25, -0.2) is 0 Å². The Kier molecular flexibility index (Phi) is 4.41. The smallest absolute Gasteiger partial charge is 0.406 e. The average Bonchev–Trinajstić information content (AvgIpc) is 2.65. The van der Waals surface area contributed by atoms with Crippen molar-refractivity contribution in [3.63, 3.8) is 0 Å². The monoisotopic (exact) mass is 354 g/mol. The summed E-state index contributed by atoms with van der Waals surface area (Å²) in [6.07, 6.45) is -4.09. The molecular formula is C17H14ClF3N2O. The van der Waals surface area contributed by atoms with E-state index >= 15 is 0 Å². The number of nitrogens with one attached hydrogen (secondary N) is 1. The SMILES string of the molecule is CC1Cc2ccc(OC(F)(F)F)cc2C(c2ccc(Cl)cc2)=NN1. The summed E-state index contributed by atoms with van der Waals surface area (Å²) in [6, 6.07) is 11.4. The van der Waals surface area contributed by atoms with E-state index < -0.39 is 6.36 Å². The molecule has 1 aliphatic heterocycles. The maximum absolute atomic E-state index is 12.5. The van der Waals surface area contributed by atoms with Crippen LogP contribution in [0.25, 0.3) is 0 Å². The molecule has 24 heavy (non-hydrogen) atoms. The van der Waals surface area contributed by atoms with Crippen LogP contribution < -0.4 is 10.2 Å². The van der Waals surface area contributed by atoms with E-state index in [-0.39, 0.29) is 11.8 Å². The molecule has 126 valence electrons. The Hall–Kier alpha value is -2.21. The zero-order chi connectivity index (χ0) is 17.3. The second-order valence-electron chi connectivity index (χ2n) is 5.57. The Morgan fingerprint density at radius 2 is 1.88 bits per heavy atom. The van der Waals surface area contributed by atoms with Gasteiger partial charge in [0.15, 0.2) is 0 Å². The van der Waals surface area contributed by atoms with Crippen molar-refractivity contribution in [2.75, 3.05) is 0 Å². The molecule has 7 heteroatoms. The molecule has 1 N–H and O–H groups in total. The molecular weight excluding hydrogens is 341 g/mol. The number of ether oxygens (including phenoxy) is 1. The molecule has 1 unspecified atom stereocenters. The third-order valence-electron chi connectivity index (χ3n) is 3.61. The van der Waals surface area contributed by atoms with Gasteiger partial charge < -0.3 is 10.2 Å². The lowest BCUT2D eigenvalue weighted by Crippen LogP contribution is -2.21. The summed E-state index contributed by atoms with van der Waals surface area (Å²) in [4.78, 5) is 0. The maximum Gasteiger partial charge on any atom is 0.573 e. The minimum Gasteiger partial charge on any atom is -0.406 e. The Morgan fingerprint density at radius 1 is 1.17 bits per heavy atom. The molecule has 0 aliphatic carbocycles. The predicted octanol–water partition coefficient (Wildman–Crippen LogP) is 4.53. The summed E-state index contributed by atoms with van der Waals surface area (Å²) in [5.41, 5.74) is 5.83. The van der Waals surface area contributed by atoms with Crippen LogP contribution in [0.5, 0.6) is 5.75 Å². The molecule has 0 amide bonds. The summed E-state index contributed by atoms with van der Waals surface area (Å²) in [5.74, 6) is -0.266. The van der Waals surface area contributed by atoms with E-state index in [0.717, 1.165) is 11.1 Å². The summed E-state index contributed by atoms with van der Waals surface area (Å²) in [7, 11) is 0. The molecule has 1 atom stereocenters. The van der Waals surface area contributed by atoms with Gasteiger partial charge in [-0.15, -0.1) is 13.2 Å². The molecule has 0 fully saturated rings. The molecule has 0 aromatic heterocycles. The van der Waals surface area contributed by atoms with Crippen molar-refractivity contribution in [2.45, 2.75) is 25.7 Å². The fourth-order valence-electron chi connectivity index (χ4n) is 2.59. The van der Waals surface area contributed by atoms with Gasteiger partial charge in [0.05, 0.1) is 5.71 Å². The van der Waals surface area contributed by atoms with Gasteiger partial charge in [-0.3, -0.25) is 0 Å². The number of alkyl halides is 3. The van der Waals surface area contributed by atoms with Crippen LogP contribution in [0, 0.1) is 0 Å². The van der Waals surface area contributed by atoms with Crippen molar-refractivity contribution >= 4 is 17.3 Å². The largest absolute Gasteiger partial charge is 0.573 e. The van der Waals surface area contributed by atoms with Crippen LogP contribution in [0.15, 0.2) is 47.6 Å². The Bertz CT molecular complexity index is 772. The first kappa shape index (κ1) is 16.6. The number of fused-ring (bicyclic) bond motifs is 1. The van der Waals surface area contributed by atoms with E-state index in [9.17, 15) is 13.2 Å². The number of benzene rings is 2. The van der Waals surface area contributed by atoms with Gasteiger partial charge in [0.1, 0.15) is 5.75 Å². The van der Waals surface area contributed by atoms with Gasteiger partial charge >= 0.3 is 6.36 Å². The van der Waals surface area contributed by atoms with Gasteiger partial charge in [0, 0.05) is 22.2 Å². The van der Waals surface area contributed by atoms with E-state index in [1.165, 1.54) is 12.1 Å². The molecule has 0 radical (unpaired) electrons. The standard InChI is InChI=1S/C17H14ClF3N2O/c1-10-8-12-4-7-14(24-17(19,20)21)9-15(12)16(23-22-10)11-2-5-13(18)6-3-11/h2-7,9-10,22H,8H2,1H3. The van der Waals surface area contributed by atoms with Crippen molar-refractivity contribution in [3.8, 4) is 5.75 Å². The van der Waals surface area contributed by atoms with Crippen LogP contribution in [0.1, 0.15) is 23.6 Å². The summed E-state index contributed by atoms with van der Waals surface area (Å²) in [6.45, 7) is 1.96. The van der Waals surface area contributed by atoms with E-state index in [1.54, 1.807) is 30.3 Å². The molecule has 0 spiro atoms. The molecule has 0 bridgehead atoms. The summed E-state index contributed by atoms with van der Waals surface area (Å²) in [5, 5.41) is 4.94. The fourth-order valence-corrected chi connectivity index (χ4v) is 2.72. The van der Waals surface area contributed by atoms with Crippen molar-refractivity contribution in [1.29, 1.82) is 0 Å². The van der Waals surface area contributed by atoms with Crippen molar-refractivity contribution in [2.24, 2.45) is 5.10 Å². The van der Waals surface area contributed by atoms with Crippen molar-refractivity contribution < 1.29 is 17.9 Å². The van der Waals surface area contributed by atoms with E-state index in [1.807, 2.05) is 6.92 Å². The highest BCUT2D eigenvalue weighted by atomic mass is 35.5. The molecule has 3 rings (SSSR count). The van der Waals surface area contributed by atoms with Gasteiger partial charge in [0.2, 0.25) is 0 Å². The zero-order valence-electron chi connectivity index (χ0n) is 12.7. The first-order valence-corrected chi connectivity index (χ1v) is 7.68. The highest BCUT2D eigenvalue weighted by Crippen LogP contribution is 2.28. The van der Waals surface area contributed by atoms with Crippen LogP contribution in [-0.4, -0.2) is 18.1 Å². The normalized spacial score (nSPS) is 17.4. The number of rotatable bonds is 2. The quantitative estimate of drug-likeness (QED) is 0.860. The second-order valence-corrected chi connectivity index (χ2v) is 6.00. The van der Waals surface area contributed by atoms with E-state index in [4.69, 9.17) is 11.6 Å². The molecule has 1 aliphatic rings. The number of halogens is 4. The lowest BCUT2D eigenvalue weighted by atomic mass is 9.94. The first-order chi connectivity index (χ1) is 11.3. The van der Waals surface area contributed by atoms with Crippen molar-refractivity contribution in [1.82, 2.24) is 5.43 Å². The molecule has 1 heterocycles.